The number of rotatable bonds is 9. The highest BCUT2D eigenvalue weighted by molar-refractivity contribution is 7.89. The second-order valence-electron chi connectivity index (χ2n) is 9.52. The first-order valence-corrected chi connectivity index (χ1v) is 13.5. The SMILES string of the molecule is N[C@H](Cc1cc(F)c(F)cc1F)C1C[C@H]2CC[C@H](C1)N2C(=O)CNS(=O)(=O)CCc1ccccc1. The molecule has 2 aliphatic rings. The van der Waals surface area contributed by atoms with Crippen LogP contribution in [0.3, 0.4) is 0 Å². The molecule has 0 spiro atoms. The normalized spacial score (nSPS) is 22.9. The van der Waals surface area contributed by atoms with Crippen molar-refractivity contribution in [2.75, 3.05) is 12.3 Å². The quantitative estimate of drug-likeness (QED) is 0.509. The van der Waals surface area contributed by atoms with E-state index in [1.807, 2.05) is 30.3 Å². The minimum atomic E-state index is -3.61. The summed E-state index contributed by atoms with van der Waals surface area (Å²) in [5, 5.41) is 0. The molecule has 1 amide bonds. The highest BCUT2D eigenvalue weighted by Crippen LogP contribution is 2.40. The van der Waals surface area contributed by atoms with Crippen molar-refractivity contribution in [1.82, 2.24) is 9.62 Å². The molecule has 2 heterocycles. The van der Waals surface area contributed by atoms with Gasteiger partial charge < -0.3 is 10.6 Å². The maximum absolute atomic E-state index is 14.1. The van der Waals surface area contributed by atoms with Crippen LogP contribution in [0.2, 0.25) is 0 Å². The van der Waals surface area contributed by atoms with Crippen molar-refractivity contribution in [1.29, 1.82) is 0 Å². The van der Waals surface area contributed by atoms with Gasteiger partial charge in [-0.05, 0) is 61.6 Å². The third kappa shape index (κ3) is 6.23. The van der Waals surface area contributed by atoms with Crippen LogP contribution in [0.25, 0.3) is 0 Å². The molecule has 2 aromatic carbocycles. The van der Waals surface area contributed by atoms with Gasteiger partial charge in [-0.2, -0.15) is 0 Å². The van der Waals surface area contributed by atoms with E-state index in [2.05, 4.69) is 4.72 Å². The van der Waals surface area contributed by atoms with Crippen LogP contribution < -0.4 is 10.5 Å². The molecule has 3 atom stereocenters. The van der Waals surface area contributed by atoms with Crippen molar-refractivity contribution >= 4 is 15.9 Å². The van der Waals surface area contributed by atoms with Crippen molar-refractivity contribution in [2.24, 2.45) is 11.7 Å². The zero-order chi connectivity index (χ0) is 25.2. The summed E-state index contributed by atoms with van der Waals surface area (Å²) in [5.74, 6) is -3.55. The average Bonchev–Trinajstić information content (AvgIpc) is 3.09. The van der Waals surface area contributed by atoms with Gasteiger partial charge in [0.05, 0.1) is 12.3 Å². The lowest BCUT2D eigenvalue weighted by atomic mass is 9.82. The predicted molar refractivity (Wildman–Crippen MR) is 126 cm³/mol. The minimum absolute atomic E-state index is 0.00775. The Labute approximate surface area is 203 Å². The first kappa shape index (κ1) is 25.7. The molecule has 0 unspecified atom stereocenters. The Hall–Kier alpha value is -2.43. The van der Waals surface area contributed by atoms with Crippen molar-refractivity contribution in [2.45, 2.75) is 56.7 Å². The zero-order valence-electron chi connectivity index (χ0n) is 19.3. The molecule has 0 saturated carbocycles. The molecule has 4 rings (SSSR count). The number of sulfonamides is 1. The molecule has 0 aromatic heterocycles. The highest BCUT2D eigenvalue weighted by Gasteiger charge is 2.44. The Bertz CT molecular complexity index is 1150. The summed E-state index contributed by atoms with van der Waals surface area (Å²) in [5.41, 5.74) is 7.27. The van der Waals surface area contributed by atoms with E-state index in [4.69, 9.17) is 5.73 Å². The number of amides is 1. The number of carbonyl (C=O) groups is 1. The van der Waals surface area contributed by atoms with Gasteiger partial charge in [0.15, 0.2) is 11.6 Å². The van der Waals surface area contributed by atoms with Gasteiger partial charge in [0, 0.05) is 24.2 Å². The summed E-state index contributed by atoms with van der Waals surface area (Å²) in [7, 11) is -3.61. The number of piperidine rings is 1. The Morgan fingerprint density at radius 3 is 2.31 bits per heavy atom. The molecular formula is C25H30F3N3O3S. The lowest BCUT2D eigenvalue weighted by Crippen LogP contribution is -2.52. The fraction of sp³-hybridized carbons (Fsp3) is 0.480. The number of hydrogen-bond donors (Lipinski definition) is 2. The summed E-state index contributed by atoms with van der Waals surface area (Å²) in [6, 6.07) is 10.0. The third-order valence-corrected chi connectivity index (χ3v) is 8.48. The van der Waals surface area contributed by atoms with Crippen molar-refractivity contribution in [3.8, 4) is 0 Å². The van der Waals surface area contributed by atoms with E-state index >= 15 is 0 Å². The van der Waals surface area contributed by atoms with Crippen LogP contribution in [0.5, 0.6) is 0 Å². The minimum Gasteiger partial charge on any atom is -0.336 e. The van der Waals surface area contributed by atoms with Crippen molar-refractivity contribution in [3.05, 3.63) is 71.0 Å². The number of nitrogens with one attached hydrogen (secondary N) is 1. The Balaban J connectivity index is 1.30. The van der Waals surface area contributed by atoms with Gasteiger partial charge in [-0.3, -0.25) is 4.79 Å². The number of benzene rings is 2. The number of hydrogen-bond acceptors (Lipinski definition) is 4. The Morgan fingerprint density at radius 1 is 1.03 bits per heavy atom. The van der Waals surface area contributed by atoms with E-state index < -0.39 is 33.5 Å². The standard InChI is InChI=1S/C25H30F3N3O3S/c26-21-14-23(28)22(27)12-17(21)13-24(29)18-10-19-6-7-20(11-18)31(19)25(32)15-30-35(33,34)9-8-16-4-2-1-3-5-16/h1-5,12,14,18-20,24,30H,6-11,13,15,29H2/t19-,20-,24-/m1/s1. The topological polar surface area (TPSA) is 92.5 Å². The molecule has 2 aromatic rings. The van der Waals surface area contributed by atoms with Crippen LogP contribution in [0, 0.1) is 23.4 Å². The predicted octanol–water partition coefficient (Wildman–Crippen LogP) is 2.91. The summed E-state index contributed by atoms with van der Waals surface area (Å²) >= 11 is 0. The van der Waals surface area contributed by atoms with Crippen LogP contribution in [-0.4, -0.2) is 49.6 Å². The van der Waals surface area contributed by atoms with Crippen LogP contribution in [0.1, 0.15) is 36.8 Å². The first-order valence-electron chi connectivity index (χ1n) is 11.8. The molecule has 2 saturated heterocycles. The summed E-state index contributed by atoms with van der Waals surface area (Å²) in [4.78, 5) is 14.7. The maximum Gasteiger partial charge on any atom is 0.238 e. The number of fused-ring (bicyclic) bond motifs is 2. The molecule has 35 heavy (non-hydrogen) atoms. The van der Waals surface area contributed by atoms with E-state index in [1.54, 1.807) is 4.90 Å². The number of halogens is 3. The first-order chi connectivity index (χ1) is 16.6. The molecule has 2 bridgehead atoms. The Kier molecular flexibility index (Phi) is 7.83. The molecule has 2 aliphatic heterocycles. The van der Waals surface area contributed by atoms with Gasteiger partial charge in [-0.1, -0.05) is 30.3 Å². The highest BCUT2D eigenvalue weighted by atomic mass is 32.2. The third-order valence-electron chi connectivity index (χ3n) is 7.15. The zero-order valence-corrected chi connectivity index (χ0v) is 20.1. The van der Waals surface area contributed by atoms with Crippen LogP contribution in [-0.2, 0) is 27.7 Å². The van der Waals surface area contributed by atoms with E-state index in [1.165, 1.54) is 0 Å². The number of carbonyl (C=O) groups excluding carboxylic acids is 1. The molecule has 2 fully saturated rings. The number of aryl methyl sites for hydroxylation is 1. The van der Waals surface area contributed by atoms with E-state index in [9.17, 15) is 26.4 Å². The van der Waals surface area contributed by atoms with Gasteiger partial charge in [0.1, 0.15) is 5.82 Å². The van der Waals surface area contributed by atoms with E-state index in [-0.39, 0.29) is 48.2 Å². The smallest absolute Gasteiger partial charge is 0.238 e. The summed E-state index contributed by atoms with van der Waals surface area (Å²) in [6.07, 6.45) is 3.23. The number of nitrogens with two attached hydrogens (primary N) is 1. The van der Waals surface area contributed by atoms with E-state index in [0.717, 1.165) is 24.5 Å². The molecule has 190 valence electrons. The lowest BCUT2D eigenvalue weighted by molar-refractivity contribution is -0.135. The molecule has 10 heteroatoms. The average molecular weight is 510 g/mol. The largest absolute Gasteiger partial charge is 0.336 e. The lowest BCUT2D eigenvalue weighted by Gasteiger charge is -2.41. The molecule has 6 nitrogen and oxygen atoms in total. The van der Waals surface area contributed by atoms with Gasteiger partial charge in [-0.25, -0.2) is 26.3 Å². The van der Waals surface area contributed by atoms with E-state index in [0.29, 0.717) is 25.3 Å². The second-order valence-corrected chi connectivity index (χ2v) is 11.4. The fourth-order valence-corrected chi connectivity index (χ4v) is 6.34. The molecule has 0 radical (unpaired) electrons. The molecular weight excluding hydrogens is 479 g/mol. The van der Waals surface area contributed by atoms with Crippen LogP contribution >= 0.6 is 0 Å². The van der Waals surface area contributed by atoms with Crippen molar-refractivity contribution < 1.29 is 26.4 Å². The van der Waals surface area contributed by atoms with Gasteiger partial charge in [-0.15, -0.1) is 0 Å². The Morgan fingerprint density at radius 2 is 1.66 bits per heavy atom. The summed E-state index contributed by atoms with van der Waals surface area (Å²) in [6.45, 7) is -0.291. The number of nitrogens with zero attached hydrogens (tertiary/aromatic N) is 1. The van der Waals surface area contributed by atoms with Crippen LogP contribution in [0.4, 0.5) is 13.2 Å². The van der Waals surface area contributed by atoms with Crippen molar-refractivity contribution in [3.63, 3.8) is 0 Å². The monoisotopic (exact) mass is 509 g/mol. The van der Waals surface area contributed by atoms with Gasteiger partial charge >= 0.3 is 0 Å². The molecule has 3 N–H and O–H groups in total. The molecule has 0 aliphatic carbocycles. The maximum atomic E-state index is 14.1. The fourth-order valence-electron chi connectivity index (χ4n) is 5.35. The van der Waals surface area contributed by atoms with Gasteiger partial charge in [0.2, 0.25) is 15.9 Å². The van der Waals surface area contributed by atoms with Gasteiger partial charge in [0.25, 0.3) is 0 Å². The second kappa shape index (κ2) is 10.7. The van der Waals surface area contributed by atoms with Crippen LogP contribution in [0.15, 0.2) is 42.5 Å². The summed E-state index contributed by atoms with van der Waals surface area (Å²) < 4.78 is 68.0.